The third-order valence-electron chi connectivity index (χ3n) is 2.45. The summed E-state index contributed by atoms with van der Waals surface area (Å²) >= 11 is 5.79. The minimum Gasteiger partial charge on any atom is -0.278 e. The van der Waals surface area contributed by atoms with Crippen LogP contribution in [-0.4, -0.2) is 6.21 Å². The van der Waals surface area contributed by atoms with E-state index in [1.165, 1.54) is 12.3 Å². The quantitative estimate of drug-likeness (QED) is 0.638. The average Bonchev–Trinajstić information content (AvgIpc) is 2.38. The fourth-order valence-corrected chi connectivity index (χ4v) is 1.72. The molecule has 0 spiro atoms. The fraction of sp³-hybridized carbons (Fsp3) is 0.0714. The summed E-state index contributed by atoms with van der Waals surface area (Å²) in [5.74, 6) is 0. The van der Waals surface area contributed by atoms with Crippen LogP contribution < -0.4 is 5.43 Å². The molecule has 0 aliphatic heterocycles. The molecule has 0 amide bonds. The molecule has 0 unspecified atom stereocenters. The van der Waals surface area contributed by atoms with Crippen LogP contribution in [0.5, 0.6) is 0 Å². The zero-order valence-corrected chi connectivity index (χ0v) is 10.9. The summed E-state index contributed by atoms with van der Waals surface area (Å²) in [5, 5.41) is 4.42. The van der Waals surface area contributed by atoms with Crippen molar-refractivity contribution in [3.63, 3.8) is 0 Å². The minimum absolute atomic E-state index is 0.356. The number of anilines is 1. The van der Waals surface area contributed by atoms with Crippen LogP contribution in [0.1, 0.15) is 11.1 Å². The monoisotopic (exact) mass is 298 g/mol. The second-order valence-corrected chi connectivity index (χ2v) is 4.44. The topological polar surface area (TPSA) is 24.4 Å². The third kappa shape index (κ3) is 3.99. The molecule has 0 bridgehead atoms. The normalized spacial score (nSPS) is 11.8. The van der Waals surface area contributed by atoms with Crippen molar-refractivity contribution in [3.05, 3.63) is 64.7 Å². The van der Waals surface area contributed by atoms with Crippen LogP contribution in [-0.2, 0) is 6.18 Å². The maximum atomic E-state index is 12.5. The Balaban J connectivity index is 2.08. The lowest BCUT2D eigenvalue weighted by Crippen LogP contribution is -2.05. The molecule has 2 rings (SSSR count). The highest BCUT2D eigenvalue weighted by atomic mass is 35.5. The predicted octanol–water partition coefficient (Wildman–Crippen LogP) is 4.80. The van der Waals surface area contributed by atoms with Crippen molar-refractivity contribution in [3.8, 4) is 0 Å². The lowest BCUT2D eigenvalue weighted by atomic mass is 10.1. The van der Waals surface area contributed by atoms with Crippen molar-refractivity contribution in [1.29, 1.82) is 0 Å². The molecule has 0 radical (unpaired) electrons. The zero-order chi connectivity index (χ0) is 14.6. The largest absolute Gasteiger partial charge is 0.416 e. The lowest BCUT2D eigenvalue weighted by Gasteiger charge is -2.06. The maximum absolute atomic E-state index is 12.5. The summed E-state index contributed by atoms with van der Waals surface area (Å²) in [7, 11) is 0. The van der Waals surface area contributed by atoms with Crippen LogP contribution in [0.3, 0.4) is 0 Å². The summed E-state index contributed by atoms with van der Waals surface area (Å²) in [6.45, 7) is 0. The van der Waals surface area contributed by atoms with Crippen molar-refractivity contribution >= 4 is 23.5 Å². The number of nitrogens with zero attached hydrogens (tertiary/aromatic N) is 1. The Labute approximate surface area is 118 Å². The van der Waals surface area contributed by atoms with Crippen molar-refractivity contribution < 1.29 is 13.2 Å². The molecular formula is C14H10ClF3N2. The Morgan fingerprint density at radius 3 is 2.50 bits per heavy atom. The summed E-state index contributed by atoms with van der Waals surface area (Å²) in [6.07, 6.45) is -3.04. The molecule has 0 saturated heterocycles. The van der Waals surface area contributed by atoms with E-state index in [1.807, 2.05) is 0 Å². The van der Waals surface area contributed by atoms with Gasteiger partial charge in [-0.1, -0.05) is 29.8 Å². The van der Waals surface area contributed by atoms with Crippen molar-refractivity contribution in [1.82, 2.24) is 0 Å². The van der Waals surface area contributed by atoms with Gasteiger partial charge in [-0.15, -0.1) is 0 Å². The molecule has 0 aliphatic carbocycles. The lowest BCUT2D eigenvalue weighted by molar-refractivity contribution is -0.137. The van der Waals surface area contributed by atoms with Gasteiger partial charge in [0.1, 0.15) is 0 Å². The van der Waals surface area contributed by atoms with Crippen LogP contribution in [0.15, 0.2) is 53.6 Å². The Kier molecular flexibility index (Phi) is 4.29. The van der Waals surface area contributed by atoms with E-state index in [-0.39, 0.29) is 0 Å². The van der Waals surface area contributed by atoms with Crippen LogP contribution >= 0.6 is 11.6 Å². The molecular weight excluding hydrogens is 289 g/mol. The number of hydrogen-bond donors (Lipinski definition) is 1. The maximum Gasteiger partial charge on any atom is 0.416 e. The first-order valence-corrected chi connectivity index (χ1v) is 6.05. The van der Waals surface area contributed by atoms with Crippen LogP contribution in [0.2, 0.25) is 5.02 Å². The summed E-state index contributed by atoms with van der Waals surface area (Å²) in [4.78, 5) is 0. The van der Waals surface area contributed by atoms with Gasteiger partial charge in [0.2, 0.25) is 0 Å². The summed E-state index contributed by atoms with van der Waals surface area (Å²) < 4.78 is 37.6. The molecule has 1 N–H and O–H groups in total. The Bertz CT molecular complexity index is 624. The summed E-state index contributed by atoms with van der Waals surface area (Å²) in [6, 6.07) is 11.8. The van der Waals surface area contributed by atoms with Gasteiger partial charge in [-0.05, 0) is 35.9 Å². The number of benzene rings is 2. The molecule has 0 saturated carbocycles. The molecule has 20 heavy (non-hydrogen) atoms. The molecule has 0 fully saturated rings. The van der Waals surface area contributed by atoms with Crippen molar-refractivity contribution in [2.24, 2.45) is 5.10 Å². The van der Waals surface area contributed by atoms with E-state index >= 15 is 0 Å². The van der Waals surface area contributed by atoms with E-state index in [2.05, 4.69) is 10.5 Å². The molecule has 2 aromatic rings. The highest BCUT2D eigenvalue weighted by Gasteiger charge is 2.30. The Hall–Kier alpha value is -2.01. The van der Waals surface area contributed by atoms with Gasteiger partial charge in [-0.3, -0.25) is 5.43 Å². The van der Waals surface area contributed by atoms with E-state index < -0.39 is 11.7 Å². The van der Waals surface area contributed by atoms with Crippen LogP contribution in [0.4, 0.5) is 18.9 Å². The van der Waals surface area contributed by atoms with Gasteiger partial charge in [0, 0.05) is 5.02 Å². The van der Waals surface area contributed by atoms with Crippen molar-refractivity contribution in [2.75, 3.05) is 5.43 Å². The molecule has 0 aliphatic rings. The van der Waals surface area contributed by atoms with E-state index in [4.69, 9.17) is 11.6 Å². The standard InChI is InChI=1S/C14H10ClF3N2/c15-12-5-2-6-13(8-12)20-19-9-10-3-1-4-11(7-10)14(16,17)18/h1-9,20H. The predicted molar refractivity (Wildman–Crippen MR) is 74.1 cm³/mol. The zero-order valence-electron chi connectivity index (χ0n) is 10.2. The number of halogens is 4. The summed E-state index contributed by atoms with van der Waals surface area (Å²) in [5.41, 5.74) is 3.00. The Morgan fingerprint density at radius 2 is 1.80 bits per heavy atom. The second kappa shape index (κ2) is 5.96. The molecule has 2 nitrogen and oxygen atoms in total. The van der Waals surface area contributed by atoms with Gasteiger partial charge < -0.3 is 0 Å². The minimum atomic E-state index is -4.36. The number of hydrogen-bond acceptors (Lipinski definition) is 2. The van der Waals surface area contributed by atoms with Crippen molar-refractivity contribution in [2.45, 2.75) is 6.18 Å². The van der Waals surface area contributed by atoms with E-state index in [0.29, 0.717) is 16.3 Å². The van der Waals surface area contributed by atoms with Gasteiger partial charge >= 0.3 is 6.18 Å². The molecule has 2 aromatic carbocycles. The van der Waals surface area contributed by atoms with Gasteiger partial charge in [0.25, 0.3) is 0 Å². The Morgan fingerprint density at radius 1 is 1.05 bits per heavy atom. The van der Waals surface area contributed by atoms with Gasteiger partial charge in [-0.25, -0.2) is 0 Å². The van der Waals surface area contributed by atoms with Gasteiger partial charge in [0.15, 0.2) is 0 Å². The fourth-order valence-electron chi connectivity index (χ4n) is 1.53. The first-order valence-electron chi connectivity index (χ1n) is 5.67. The highest BCUT2D eigenvalue weighted by molar-refractivity contribution is 6.30. The molecule has 0 aromatic heterocycles. The van der Waals surface area contributed by atoms with Gasteiger partial charge in [-0.2, -0.15) is 18.3 Å². The van der Waals surface area contributed by atoms with E-state index in [1.54, 1.807) is 30.3 Å². The average molecular weight is 299 g/mol. The first-order chi connectivity index (χ1) is 9.45. The number of alkyl halides is 3. The third-order valence-corrected chi connectivity index (χ3v) is 2.68. The molecule has 6 heteroatoms. The number of rotatable bonds is 3. The van der Waals surface area contributed by atoms with Crippen LogP contribution in [0.25, 0.3) is 0 Å². The highest BCUT2D eigenvalue weighted by Crippen LogP contribution is 2.29. The van der Waals surface area contributed by atoms with Gasteiger partial charge in [0.05, 0.1) is 17.5 Å². The molecule has 104 valence electrons. The molecule has 0 atom stereocenters. The number of nitrogens with one attached hydrogen (secondary N) is 1. The second-order valence-electron chi connectivity index (χ2n) is 4.00. The van der Waals surface area contributed by atoms with Crippen LogP contribution in [0, 0.1) is 0 Å². The smallest absolute Gasteiger partial charge is 0.278 e. The molecule has 0 heterocycles. The van der Waals surface area contributed by atoms with E-state index in [9.17, 15) is 13.2 Å². The first kappa shape index (κ1) is 14.4. The number of hydrazone groups is 1. The van der Waals surface area contributed by atoms with E-state index in [0.717, 1.165) is 12.1 Å². The SMILES string of the molecule is FC(F)(F)c1cccc(C=NNc2cccc(Cl)c2)c1.